The zero-order valence-electron chi connectivity index (χ0n) is 14.0. The van der Waals surface area contributed by atoms with E-state index in [4.69, 9.17) is 9.84 Å². The Morgan fingerprint density at radius 2 is 1.58 bits per heavy atom. The predicted octanol–water partition coefficient (Wildman–Crippen LogP) is 3.79. The summed E-state index contributed by atoms with van der Waals surface area (Å²) < 4.78 is 5.65. The molecule has 1 unspecified atom stereocenters. The van der Waals surface area contributed by atoms with Gasteiger partial charge in [-0.25, -0.2) is 0 Å². The van der Waals surface area contributed by atoms with E-state index in [-0.39, 0.29) is 23.9 Å². The molecule has 1 atom stereocenters. The molecule has 0 fully saturated rings. The minimum atomic E-state index is -0.611. The van der Waals surface area contributed by atoms with Crippen LogP contribution in [0.4, 0.5) is 0 Å². The van der Waals surface area contributed by atoms with Crippen LogP contribution in [0, 0.1) is 16.7 Å². The summed E-state index contributed by atoms with van der Waals surface area (Å²) in [5, 5.41) is 9.02. The summed E-state index contributed by atoms with van der Waals surface area (Å²) in [6, 6.07) is 0. The van der Waals surface area contributed by atoms with Crippen LogP contribution in [0.15, 0.2) is 0 Å². The first-order valence-electron chi connectivity index (χ1n) is 7.18. The van der Waals surface area contributed by atoms with Crippen molar-refractivity contribution in [3.8, 4) is 0 Å². The van der Waals surface area contributed by atoms with Gasteiger partial charge in [0.05, 0.1) is 5.41 Å². The Hall–Kier alpha value is -0.570. The fourth-order valence-corrected chi connectivity index (χ4v) is 2.30. The Bertz CT molecular complexity index is 300. The van der Waals surface area contributed by atoms with Crippen molar-refractivity contribution in [1.82, 2.24) is 0 Å². The topological polar surface area (TPSA) is 46.5 Å². The molecule has 3 heteroatoms. The largest absolute Gasteiger partial charge is 0.459 e. The molecule has 0 heterocycles. The number of aliphatic hydroxyl groups excluding tert-OH is 1. The molecule has 1 N–H and O–H groups in total. The summed E-state index contributed by atoms with van der Waals surface area (Å²) in [5.41, 5.74) is -1.04. The number of hydrogen-bond acceptors (Lipinski definition) is 3. The zero-order valence-corrected chi connectivity index (χ0v) is 14.0. The Kier molecular flexibility index (Phi) is 6.07. The lowest BCUT2D eigenvalue weighted by Crippen LogP contribution is -2.42. The van der Waals surface area contributed by atoms with Gasteiger partial charge in [-0.05, 0) is 38.5 Å². The lowest BCUT2D eigenvalue weighted by Gasteiger charge is -2.39. The summed E-state index contributed by atoms with van der Waals surface area (Å²) in [6.07, 6.45) is 1.24. The number of rotatable bonds is 6. The number of esters is 1. The van der Waals surface area contributed by atoms with E-state index in [9.17, 15) is 4.79 Å². The van der Waals surface area contributed by atoms with Crippen LogP contribution in [0.3, 0.4) is 0 Å². The molecular weight excluding hydrogens is 240 g/mol. The molecule has 114 valence electrons. The average Bonchev–Trinajstić information content (AvgIpc) is 2.13. The maximum Gasteiger partial charge on any atom is 0.312 e. The molecule has 0 aromatic rings. The molecule has 19 heavy (non-hydrogen) atoms. The molecule has 0 aliphatic rings. The Balaban J connectivity index is 5.05. The number of ether oxygens (including phenoxy) is 1. The van der Waals surface area contributed by atoms with Crippen LogP contribution in [-0.4, -0.2) is 23.3 Å². The van der Waals surface area contributed by atoms with Crippen molar-refractivity contribution in [2.24, 2.45) is 16.7 Å². The second-order valence-corrected chi connectivity index (χ2v) is 7.93. The molecule has 0 radical (unpaired) electrons. The van der Waals surface area contributed by atoms with E-state index in [2.05, 4.69) is 34.6 Å². The molecule has 0 aliphatic heterocycles. The molecule has 3 nitrogen and oxygen atoms in total. The van der Waals surface area contributed by atoms with Gasteiger partial charge in [0.25, 0.3) is 0 Å². The van der Waals surface area contributed by atoms with Crippen LogP contribution in [-0.2, 0) is 9.53 Å². The normalized spacial score (nSPS) is 16.3. The second kappa shape index (κ2) is 6.25. The first kappa shape index (κ1) is 18.4. The maximum atomic E-state index is 12.6. The third-order valence-corrected chi connectivity index (χ3v) is 3.72. The highest BCUT2D eigenvalue weighted by molar-refractivity contribution is 5.77. The van der Waals surface area contributed by atoms with Crippen molar-refractivity contribution in [3.05, 3.63) is 0 Å². The van der Waals surface area contributed by atoms with Gasteiger partial charge in [-0.15, -0.1) is 0 Å². The summed E-state index contributed by atoms with van der Waals surface area (Å²) in [7, 11) is 0. The first-order chi connectivity index (χ1) is 8.34. The third kappa shape index (κ3) is 5.94. The number of aliphatic hydroxyl groups is 1. The minimum Gasteiger partial charge on any atom is -0.459 e. The highest BCUT2D eigenvalue weighted by Gasteiger charge is 2.43. The van der Waals surface area contributed by atoms with Crippen LogP contribution in [0.2, 0.25) is 0 Å². The molecule has 0 bridgehead atoms. The summed E-state index contributed by atoms with van der Waals surface area (Å²) in [4.78, 5) is 12.6. The van der Waals surface area contributed by atoms with Crippen molar-refractivity contribution < 1.29 is 14.6 Å². The molecule has 0 aromatic carbocycles. The lowest BCUT2D eigenvalue weighted by atomic mass is 9.68. The number of hydrogen-bond donors (Lipinski definition) is 1. The molecule has 0 spiro atoms. The molecule has 0 saturated heterocycles. The highest BCUT2D eigenvalue weighted by Crippen LogP contribution is 2.41. The monoisotopic (exact) mass is 272 g/mol. The third-order valence-electron chi connectivity index (χ3n) is 3.72. The molecule has 0 saturated carbocycles. The van der Waals surface area contributed by atoms with E-state index >= 15 is 0 Å². The summed E-state index contributed by atoms with van der Waals surface area (Å²) in [6.45, 7) is 16.2. The van der Waals surface area contributed by atoms with Crippen molar-refractivity contribution in [2.45, 2.75) is 73.8 Å². The standard InChI is InChI=1S/C16H32O3/c1-12(2)16(8,11-14(3,4)5)13(18)19-15(6,7)9-10-17/h12,17H,9-11H2,1-8H3. The SMILES string of the molecule is CC(C)C(C)(CC(C)(C)C)C(=O)OC(C)(C)CCO. The minimum absolute atomic E-state index is 0.0257. The van der Waals surface area contributed by atoms with Gasteiger partial charge in [0, 0.05) is 13.0 Å². The fraction of sp³-hybridized carbons (Fsp3) is 0.938. The van der Waals surface area contributed by atoms with Gasteiger partial charge in [-0.3, -0.25) is 4.79 Å². The summed E-state index contributed by atoms with van der Waals surface area (Å²) >= 11 is 0. The second-order valence-electron chi connectivity index (χ2n) is 7.93. The van der Waals surface area contributed by atoms with Crippen LogP contribution >= 0.6 is 0 Å². The highest BCUT2D eigenvalue weighted by atomic mass is 16.6. The van der Waals surface area contributed by atoms with Crippen LogP contribution in [0.25, 0.3) is 0 Å². The summed E-state index contributed by atoms with van der Waals surface area (Å²) in [5.74, 6) is 0.0556. The average molecular weight is 272 g/mol. The van der Waals surface area contributed by atoms with Gasteiger partial charge in [0.2, 0.25) is 0 Å². The number of carbonyl (C=O) groups is 1. The van der Waals surface area contributed by atoms with E-state index in [1.54, 1.807) is 0 Å². The van der Waals surface area contributed by atoms with Crippen molar-refractivity contribution >= 4 is 5.97 Å². The van der Waals surface area contributed by atoms with Crippen LogP contribution in [0.1, 0.15) is 68.2 Å². The van der Waals surface area contributed by atoms with E-state index < -0.39 is 11.0 Å². The molecule has 0 aromatic heterocycles. The Morgan fingerprint density at radius 1 is 1.11 bits per heavy atom. The van der Waals surface area contributed by atoms with Gasteiger partial charge in [-0.1, -0.05) is 34.6 Å². The zero-order chi connectivity index (χ0) is 15.5. The van der Waals surface area contributed by atoms with Crippen LogP contribution < -0.4 is 0 Å². The molecule has 0 rings (SSSR count). The smallest absolute Gasteiger partial charge is 0.312 e. The first-order valence-corrected chi connectivity index (χ1v) is 7.18. The quantitative estimate of drug-likeness (QED) is 0.748. The molecule has 0 aliphatic carbocycles. The Labute approximate surface area is 118 Å². The van der Waals surface area contributed by atoms with Gasteiger partial charge in [-0.2, -0.15) is 0 Å². The Morgan fingerprint density at radius 3 is 1.89 bits per heavy atom. The van der Waals surface area contributed by atoms with E-state index in [1.807, 2.05) is 20.8 Å². The van der Waals surface area contributed by atoms with Gasteiger partial charge < -0.3 is 9.84 Å². The van der Waals surface area contributed by atoms with Crippen molar-refractivity contribution in [1.29, 1.82) is 0 Å². The fourth-order valence-electron chi connectivity index (χ4n) is 2.30. The lowest BCUT2D eigenvalue weighted by molar-refractivity contribution is -0.174. The van der Waals surface area contributed by atoms with Crippen molar-refractivity contribution in [2.75, 3.05) is 6.61 Å². The van der Waals surface area contributed by atoms with E-state index in [1.165, 1.54) is 0 Å². The van der Waals surface area contributed by atoms with E-state index in [0.29, 0.717) is 6.42 Å². The van der Waals surface area contributed by atoms with Gasteiger partial charge in [0.1, 0.15) is 5.60 Å². The maximum absolute atomic E-state index is 12.6. The van der Waals surface area contributed by atoms with E-state index in [0.717, 1.165) is 6.42 Å². The number of carbonyl (C=O) groups excluding carboxylic acids is 1. The molecular formula is C16H32O3. The van der Waals surface area contributed by atoms with Crippen LogP contribution in [0.5, 0.6) is 0 Å². The van der Waals surface area contributed by atoms with Crippen molar-refractivity contribution in [3.63, 3.8) is 0 Å². The predicted molar refractivity (Wildman–Crippen MR) is 78.9 cm³/mol. The molecule has 0 amide bonds. The van der Waals surface area contributed by atoms with Gasteiger partial charge in [0.15, 0.2) is 0 Å². The van der Waals surface area contributed by atoms with Gasteiger partial charge >= 0.3 is 5.97 Å².